The molecule has 0 saturated carbocycles. The van der Waals surface area contributed by atoms with E-state index in [1.54, 1.807) is 11.6 Å². The monoisotopic (exact) mass is 435 g/mol. The molecule has 2 aromatic heterocycles. The second-order valence-corrected chi connectivity index (χ2v) is 7.28. The molecular formula is C19H16F3N5O2S. The van der Waals surface area contributed by atoms with Gasteiger partial charge in [0.1, 0.15) is 5.82 Å². The van der Waals surface area contributed by atoms with Crippen molar-refractivity contribution in [1.82, 2.24) is 19.7 Å². The lowest BCUT2D eigenvalue weighted by Gasteiger charge is -2.16. The lowest BCUT2D eigenvalue weighted by molar-refractivity contribution is -0.137. The van der Waals surface area contributed by atoms with Gasteiger partial charge in [0.2, 0.25) is 5.88 Å². The highest BCUT2D eigenvalue weighted by molar-refractivity contribution is 7.04. The maximum atomic E-state index is 12.9. The van der Waals surface area contributed by atoms with Crippen LogP contribution in [0, 0.1) is 0 Å². The van der Waals surface area contributed by atoms with Crippen molar-refractivity contribution in [3.63, 3.8) is 0 Å². The van der Waals surface area contributed by atoms with E-state index in [4.69, 9.17) is 4.74 Å². The largest absolute Gasteiger partial charge is 0.479 e. The van der Waals surface area contributed by atoms with Crippen LogP contribution >= 0.6 is 11.5 Å². The van der Waals surface area contributed by atoms with Gasteiger partial charge in [-0.3, -0.25) is 4.79 Å². The molecule has 30 heavy (non-hydrogen) atoms. The minimum Gasteiger partial charge on any atom is -0.479 e. The number of benzene rings is 1. The molecule has 11 heteroatoms. The topological polar surface area (TPSA) is 89.0 Å². The van der Waals surface area contributed by atoms with Crippen LogP contribution in [0.25, 0.3) is 0 Å². The Bertz CT molecular complexity index is 1070. The number of carbonyl (C=O) groups is 1. The summed E-state index contributed by atoms with van der Waals surface area (Å²) in [5, 5.41) is 7.60. The highest BCUT2D eigenvalue weighted by atomic mass is 32.1. The van der Waals surface area contributed by atoms with Gasteiger partial charge in [-0.2, -0.15) is 17.5 Å². The van der Waals surface area contributed by atoms with Gasteiger partial charge in [0, 0.05) is 5.38 Å². The normalized spacial score (nSPS) is 15.5. The predicted molar refractivity (Wildman–Crippen MR) is 104 cm³/mol. The molecule has 2 heterocycles. The van der Waals surface area contributed by atoms with Crippen molar-refractivity contribution in [1.29, 1.82) is 0 Å². The molecule has 0 saturated heterocycles. The molecule has 0 fully saturated rings. The van der Waals surface area contributed by atoms with E-state index >= 15 is 0 Å². The summed E-state index contributed by atoms with van der Waals surface area (Å²) in [5.41, 5.74) is 1.24. The highest BCUT2D eigenvalue weighted by Gasteiger charge is 2.33. The summed E-state index contributed by atoms with van der Waals surface area (Å²) in [6.45, 7) is 0. The number of anilines is 2. The molecule has 3 aromatic rings. The second kappa shape index (κ2) is 7.90. The van der Waals surface area contributed by atoms with Crippen molar-refractivity contribution >= 4 is 28.9 Å². The van der Waals surface area contributed by atoms with Crippen LogP contribution in [-0.2, 0) is 12.6 Å². The molecule has 7 nitrogen and oxygen atoms in total. The summed E-state index contributed by atoms with van der Waals surface area (Å²) in [5.74, 6) is -0.140. The Hall–Kier alpha value is -3.21. The van der Waals surface area contributed by atoms with Gasteiger partial charge in [-0.05, 0) is 47.6 Å². The summed E-state index contributed by atoms with van der Waals surface area (Å²) >= 11 is 1.26. The Labute approximate surface area is 173 Å². The van der Waals surface area contributed by atoms with E-state index in [2.05, 4.69) is 25.0 Å². The lowest BCUT2D eigenvalue weighted by atomic mass is 10.0. The molecule has 1 unspecified atom stereocenters. The summed E-state index contributed by atoms with van der Waals surface area (Å²) in [6, 6.07) is 3.17. The highest BCUT2D eigenvalue weighted by Crippen LogP contribution is 2.37. The van der Waals surface area contributed by atoms with Gasteiger partial charge in [0.15, 0.2) is 5.69 Å². The van der Waals surface area contributed by atoms with E-state index in [0.717, 1.165) is 12.1 Å². The minimum atomic E-state index is -4.40. The van der Waals surface area contributed by atoms with Gasteiger partial charge in [-0.25, -0.2) is 9.97 Å². The van der Waals surface area contributed by atoms with Crippen LogP contribution in [0.4, 0.5) is 24.7 Å². The fraction of sp³-hybridized carbons (Fsp3) is 0.263. The predicted octanol–water partition coefficient (Wildman–Crippen LogP) is 4.12. The maximum Gasteiger partial charge on any atom is 0.416 e. The molecule has 0 aliphatic heterocycles. The Kier molecular flexibility index (Phi) is 5.29. The average molecular weight is 435 g/mol. The zero-order chi connectivity index (χ0) is 21.3. The van der Waals surface area contributed by atoms with Crippen LogP contribution < -0.4 is 15.4 Å². The summed E-state index contributed by atoms with van der Waals surface area (Å²) in [4.78, 5) is 21.2. The standard InChI is InChI=1S/C19H16F3N5O2S/c1-29-18-16(27-15(8-23-18)25-12-7-24-30-9-12)17(28)26-14-5-2-10-6-11(19(20,21)22)3-4-13(10)14/h3-4,6-9,14H,2,5H2,1H3,(H,25,27)(H,26,28). The summed E-state index contributed by atoms with van der Waals surface area (Å²) < 4.78 is 47.9. The molecular weight excluding hydrogens is 419 g/mol. The quantitative estimate of drug-likeness (QED) is 0.627. The number of aromatic nitrogens is 3. The zero-order valence-corrected chi connectivity index (χ0v) is 16.5. The second-order valence-electron chi connectivity index (χ2n) is 6.63. The Morgan fingerprint density at radius 3 is 2.83 bits per heavy atom. The van der Waals surface area contributed by atoms with Crippen LogP contribution in [0.5, 0.6) is 5.88 Å². The molecule has 1 aliphatic rings. The van der Waals surface area contributed by atoms with Crippen molar-refractivity contribution in [2.45, 2.75) is 25.1 Å². The van der Waals surface area contributed by atoms with E-state index in [9.17, 15) is 18.0 Å². The third-order valence-corrected chi connectivity index (χ3v) is 5.29. The van der Waals surface area contributed by atoms with E-state index < -0.39 is 23.7 Å². The van der Waals surface area contributed by atoms with Crippen molar-refractivity contribution < 1.29 is 22.7 Å². The fourth-order valence-electron chi connectivity index (χ4n) is 3.32. The maximum absolute atomic E-state index is 12.9. The number of nitrogens with zero attached hydrogens (tertiary/aromatic N) is 3. The third kappa shape index (κ3) is 4.06. The van der Waals surface area contributed by atoms with Crippen molar-refractivity contribution in [2.24, 2.45) is 0 Å². The molecule has 0 spiro atoms. The van der Waals surface area contributed by atoms with Gasteiger partial charge in [0.05, 0.1) is 36.8 Å². The molecule has 2 N–H and O–H groups in total. The number of amides is 1. The Morgan fingerprint density at radius 2 is 2.13 bits per heavy atom. The zero-order valence-electron chi connectivity index (χ0n) is 15.7. The number of fused-ring (bicyclic) bond motifs is 1. The molecule has 0 bridgehead atoms. The van der Waals surface area contributed by atoms with Crippen molar-refractivity contribution in [3.05, 3.63) is 58.4 Å². The number of aryl methyl sites for hydroxylation is 1. The summed E-state index contributed by atoms with van der Waals surface area (Å²) in [7, 11) is 1.38. The van der Waals surface area contributed by atoms with Crippen LogP contribution in [0.3, 0.4) is 0 Å². The molecule has 156 valence electrons. The number of carbonyl (C=O) groups excluding carboxylic acids is 1. The van der Waals surface area contributed by atoms with Gasteiger partial charge in [-0.1, -0.05) is 6.07 Å². The van der Waals surface area contributed by atoms with E-state index in [1.807, 2.05) is 0 Å². The fourth-order valence-corrected chi connectivity index (χ4v) is 3.79. The number of nitrogens with one attached hydrogen (secondary N) is 2. The molecule has 4 rings (SSSR count). The van der Waals surface area contributed by atoms with Crippen LogP contribution in [0.1, 0.15) is 39.6 Å². The molecule has 1 aliphatic carbocycles. The van der Waals surface area contributed by atoms with Crippen molar-refractivity contribution in [3.8, 4) is 5.88 Å². The smallest absolute Gasteiger partial charge is 0.416 e. The number of methoxy groups -OCH3 is 1. The van der Waals surface area contributed by atoms with Crippen LogP contribution in [-0.4, -0.2) is 27.4 Å². The third-order valence-electron chi connectivity index (χ3n) is 4.71. The van der Waals surface area contributed by atoms with Gasteiger partial charge in [0.25, 0.3) is 5.91 Å². The molecule has 0 radical (unpaired) electrons. The van der Waals surface area contributed by atoms with Crippen molar-refractivity contribution in [2.75, 3.05) is 12.4 Å². The Balaban J connectivity index is 1.55. The number of alkyl halides is 3. The van der Waals surface area contributed by atoms with Gasteiger partial charge in [-0.15, -0.1) is 0 Å². The number of ether oxygens (including phenoxy) is 1. The first-order valence-electron chi connectivity index (χ1n) is 8.93. The first-order chi connectivity index (χ1) is 14.3. The Morgan fingerprint density at radius 1 is 1.30 bits per heavy atom. The average Bonchev–Trinajstić information content (AvgIpc) is 3.37. The van der Waals surface area contributed by atoms with Gasteiger partial charge < -0.3 is 15.4 Å². The van der Waals surface area contributed by atoms with Crippen LogP contribution in [0.2, 0.25) is 0 Å². The minimum absolute atomic E-state index is 0.0222. The number of rotatable bonds is 5. The SMILES string of the molecule is COc1ncc(Nc2cnsc2)nc1C(=O)NC1CCc2cc(C(F)(F)F)ccc21. The number of hydrogen-bond donors (Lipinski definition) is 2. The van der Waals surface area contributed by atoms with E-state index in [-0.39, 0.29) is 11.6 Å². The number of hydrogen-bond acceptors (Lipinski definition) is 7. The number of halogens is 3. The van der Waals surface area contributed by atoms with E-state index in [0.29, 0.717) is 35.5 Å². The molecule has 1 aromatic carbocycles. The van der Waals surface area contributed by atoms with E-state index in [1.165, 1.54) is 30.9 Å². The molecule has 1 atom stereocenters. The lowest BCUT2D eigenvalue weighted by Crippen LogP contribution is -2.28. The first-order valence-corrected chi connectivity index (χ1v) is 9.77. The van der Waals surface area contributed by atoms with Crippen LogP contribution in [0.15, 0.2) is 36.0 Å². The molecule has 1 amide bonds. The first kappa shape index (κ1) is 20.1. The van der Waals surface area contributed by atoms with Gasteiger partial charge >= 0.3 is 6.18 Å². The summed E-state index contributed by atoms with van der Waals surface area (Å²) in [6.07, 6.45) is -0.418.